The molecule has 0 radical (unpaired) electrons. The van der Waals surface area contributed by atoms with Gasteiger partial charge in [-0.3, -0.25) is 9.78 Å². The molecule has 0 N–H and O–H groups in total. The van der Waals surface area contributed by atoms with Crippen LogP contribution in [0.3, 0.4) is 0 Å². The van der Waals surface area contributed by atoms with Crippen molar-refractivity contribution in [2.75, 3.05) is 0 Å². The van der Waals surface area contributed by atoms with Crippen LogP contribution in [0.1, 0.15) is 15.9 Å². The third-order valence-corrected chi connectivity index (χ3v) is 3.51. The first-order valence-electron chi connectivity index (χ1n) is 6.01. The first-order valence-corrected chi connectivity index (χ1v) is 6.80. The Hall–Kier alpha value is -2.01. The minimum Gasteiger partial charge on any atom is -0.341 e. The minimum absolute atomic E-state index is 0.270. The van der Waals surface area contributed by atoms with E-state index < -0.39 is 0 Å². The maximum atomic E-state index is 13.2. The first-order chi connectivity index (χ1) is 9.67. The molecule has 0 bridgehead atoms. The summed E-state index contributed by atoms with van der Waals surface area (Å²) in [6.07, 6.45) is 4.18. The lowest BCUT2D eigenvalue weighted by Crippen LogP contribution is -1.98. The van der Waals surface area contributed by atoms with Crippen LogP contribution in [-0.2, 0) is 6.54 Å². The third kappa shape index (κ3) is 2.36. The molecule has 3 aromatic rings. The van der Waals surface area contributed by atoms with Gasteiger partial charge in [0.15, 0.2) is 6.29 Å². The normalized spacial score (nSPS) is 10.9. The SMILES string of the molecule is O=Cc1cn(Cc2cccc(F)c2)c2cc(Br)cnc12. The van der Waals surface area contributed by atoms with Gasteiger partial charge in [0.2, 0.25) is 0 Å². The van der Waals surface area contributed by atoms with Crippen LogP contribution >= 0.6 is 15.9 Å². The zero-order chi connectivity index (χ0) is 14.1. The second-order valence-corrected chi connectivity index (χ2v) is 5.40. The van der Waals surface area contributed by atoms with E-state index in [0.717, 1.165) is 21.8 Å². The maximum absolute atomic E-state index is 13.2. The number of hydrogen-bond donors (Lipinski definition) is 0. The molecule has 0 fully saturated rings. The minimum atomic E-state index is -0.270. The monoisotopic (exact) mass is 332 g/mol. The molecule has 0 saturated heterocycles. The summed E-state index contributed by atoms with van der Waals surface area (Å²) in [5.74, 6) is -0.270. The van der Waals surface area contributed by atoms with Gasteiger partial charge in [-0.1, -0.05) is 12.1 Å². The molecule has 2 heterocycles. The van der Waals surface area contributed by atoms with Gasteiger partial charge >= 0.3 is 0 Å². The maximum Gasteiger partial charge on any atom is 0.153 e. The molecule has 0 unspecified atom stereocenters. The summed E-state index contributed by atoms with van der Waals surface area (Å²) in [6, 6.07) is 8.31. The number of carbonyl (C=O) groups is 1. The van der Waals surface area contributed by atoms with Crippen LogP contribution in [0.4, 0.5) is 4.39 Å². The Kier molecular flexibility index (Phi) is 3.36. The van der Waals surface area contributed by atoms with E-state index in [1.165, 1.54) is 12.1 Å². The van der Waals surface area contributed by atoms with Crippen molar-refractivity contribution in [3.8, 4) is 0 Å². The van der Waals surface area contributed by atoms with Crippen LogP contribution in [-0.4, -0.2) is 15.8 Å². The van der Waals surface area contributed by atoms with Gasteiger partial charge in [-0.25, -0.2) is 4.39 Å². The number of halogens is 2. The summed E-state index contributed by atoms with van der Waals surface area (Å²) in [4.78, 5) is 15.4. The van der Waals surface area contributed by atoms with Crippen molar-refractivity contribution in [1.29, 1.82) is 0 Å². The second-order valence-electron chi connectivity index (χ2n) is 4.48. The molecule has 1 aromatic carbocycles. The molecular weight excluding hydrogens is 323 g/mol. The standard InChI is InChI=1S/C15H10BrFN2O/c16-12-5-14-15(18-6-12)11(9-20)8-19(14)7-10-2-1-3-13(17)4-10/h1-6,8-9H,7H2. The van der Waals surface area contributed by atoms with Crippen molar-refractivity contribution in [1.82, 2.24) is 9.55 Å². The van der Waals surface area contributed by atoms with Crippen LogP contribution in [0.25, 0.3) is 11.0 Å². The van der Waals surface area contributed by atoms with Gasteiger partial charge in [-0.05, 0) is 39.7 Å². The fourth-order valence-corrected chi connectivity index (χ4v) is 2.54. The Bertz CT molecular complexity index is 798. The molecule has 100 valence electrons. The Morgan fingerprint density at radius 2 is 2.20 bits per heavy atom. The lowest BCUT2D eigenvalue weighted by atomic mass is 10.2. The van der Waals surface area contributed by atoms with E-state index in [9.17, 15) is 9.18 Å². The van der Waals surface area contributed by atoms with E-state index in [2.05, 4.69) is 20.9 Å². The summed E-state index contributed by atoms with van der Waals surface area (Å²) in [5.41, 5.74) is 2.86. The highest BCUT2D eigenvalue weighted by Crippen LogP contribution is 2.22. The smallest absolute Gasteiger partial charge is 0.153 e. The van der Waals surface area contributed by atoms with Crippen LogP contribution < -0.4 is 0 Å². The second kappa shape index (κ2) is 5.17. The third-order valence-electron chi connectivity index (χ3n) is 3.08. The van der Waals surface area contributed by atoms with Crippen molar-refractivity contribution in [2.24, 2.45) is 0 Å². The van der Waals surface area contributed by atoms with Gasteiger partial charge in [0.1, 0.15) is 5.82 Å². The van der Waals surface area contributed by atoms with Crippen molar-refractivity contribution in [3.05, 3.63) is 64.1 Å². The van der Waals surface area contributed by atoms with Gasteiger partial charge < -0.3 is 4.57 Å². The zero-order valence-corrected chi connectivity index (χ0v) is 12.0. The van der Waals surface area contributed by atoms with Gasteiger partial charge in [0.05, 0.1) is 16.6 Å². The van der Waals surface area contributed by atoms with Crippen molar-refractivity contribution < 1.29 is 9.18 Å². The zero-order valence-electron chi connectivity index (χ0n) is 10.4. The highest BCUT2D eigenvalue weighted by atomic mass is 79.9. The highest BCUT2D eigenvalue weighted by Gasteiger charge is 2.10. The number of fused-ring (bicyclic) bond motifs is 1. The summed E-state index contributed by atoms with van der Waals surface area (Å²) in [6.45, 7) is 0.486. The molecule has 0 aliphatic carbocycles. The number of aldehydes is 1. The van der Waals surface area contributed by atoms with E-state index in [1.807, 2.05) is 16.7 Å². The lowest BCUT2D eigenvalue weighted by molar-refractivity contribution is 0.112. The molecule has 0 atom stereocenters. The fraction of sp³-hybridized carbons (Fsp3) is 0.0667. The van der Waals surface area contributed by atoms with E-state index in [0.29, 0.717) is 17.6 Å². The van der Waals surface area contributed by atoms with E-state index in [1.54, 1.807) is 18.5 Å². The molecule has 0 spiro atoms. The van der Waals surface area contributed by atoms with Crippen LogP contribution in [0.15, 0.2) is 47.2 Å². The van der Waals surface area contributed by atoms with Gasteiger partial charge in [-0.2, -0.15) is 0 Å². The number of rotatable bonds is 3. The number of carbonyl (C=O) groups excluding carboxylic acids is 1. The Labute approximate surface area is 123 Å². The first kappa shape index (κ1) is 13.0. The topological polar surface area (TPSA) is 34.9 Å². The van der Waals surface area contributed by atoms with Crippen molar-refractivity contribution in [3.63, 3.8) is 0 Å². The number of pyridine rings is 1. The van der Waals surface area contributed by atoms with E-state index in [-0.39, 0.29) is 5.82 Å². The Morgan fingerprint density at radius 3 is 2.95 bits per heavy atom. The fourth-order valence-electron chi connectivity index (χ4n) is 2.22. The van der Waals surface area contributed by atoms with E-state index >= 15 is 0 Å². The van der Waals surface area contributed by atoms with Crippen LogP contribution in [0.2, 0.25) is 0 Å². The van der Waals surface area contributed by atoms with Gasteiger partial charge in [-0.15, -0.1) is 0 Å². The largest absolute Gasteiger partial charge is 0.341 e. The molecule has 0 aliphatic rings. The molecule has 5 heteroatoms. The van der Waals surface area contributed by atoms with E-state index in [4.69, 9.17) is 0 Å². The average Bonchev–Trinajstić information content (AvgIpc) is 2.76. The predicted octanol–water partition coefficient (Wildman–Crippen LogP) is 3.80. The molecule has 0 aliphatic heterocycles. The predicted molar refractivity (Wildman–Crippen MR) is 78.3 cm³/mol. The van der Waals surface area contributed by atoms with Crippen molar-refractivity contribution in [2.45, 2.75) is 6.54 Å². The molecular formula is C15H10BrFN2O. The molecule has 20 heavy (non-hydrogen) atoms. The number of hydrogen-bond acceptors (Lipinski definition) is 2. The molecule has 0 saturated carbocycles. The number of benzene rings is 1. The summed E-state index contributed by atoms with van der Waals surface area (Å²) in [7, 11) is 0. The summed E-state index contributed by atoms with van der Waals surface area (Å²) >= 11 is 3.37. The van der Waals surface area contributed by atoms with Crippen molar-refractivity contribution >= 4 is 33.2 Å². The average molecular weight is 333 g/mol. The Morgan fingerprint density at radius 1 is 1.35 bits per heavy atom. The van der Waals surface area contributed by atoms with Crippen LogP contribution in [0.5, 0.6) is 0 Å². The van der Waals surface area contributed by atoms with Gasteiger partial charge in [0, 0.05) is 23.4 Å². The lowest BCUT2D eigenvalue weighted by Gasteiger charge is -2.05. The summed E-state index contributed by atoms with van der Waals surface area (Å²) in [5, 5.41) is 0. The highest BCUT2D eigenvalue weighted by molar-refractivity contribution is 9.10. The van der Waals surface area contributed by atoms with Crippen LogP contribution in [0, 0.1) is 5.82 Å². The quantitative estimate of drug-likeness (QED) is 0.684. The molecule has 2 aromatic heterocycles. The summed E-state index contributed by atoms with van der Waals surface area (Å²) < 4.78 is 16.0. The van der Waals surface area contributed by atoms with Gasteiger partial charge in [0.25, 0.3) is 0 Å². The number of nitrogens with zero attached hydrogens (tertiary/aromatic N) is 2. The number of aromatic nitrogens is 2. The molecule has 0 amide bonds. The molecule has 3 nitrogen and oxygen atoms in total. The molecule has 3 rings (SSSR count). The Balaban J connectivity index is 2.11.